The Labute approximate surface area is 148 Å². The number of nitriles is 1. The van der Waals surface area contributed by atoms with Crippen molar-refractivity contribution in [3.8, 4) is 11.8 Å². The number of benzene rings is 2. The molecule has 2 aromatic carbocycles. The third-order valence-electron chi connectivity index (χ3n) is 4.19. The minimum atomic E-state index is -0.846. The van der Waals surface area contributed by atoms with E-state index < -0.39 is 22.8 Å². The zero-order valence-electron chi connectivity index (χ0n) is 14.2. The largest absolute Gasteiger partial charge is 0.352 e. The molecule has 0 atom stereocenters. The van der Waals surface area contributed by atoms with E-state index in [2.05, 4.69) is 5.10 Å². The van der Waals surface area contributed by atoms with Gasteiger partial charge in [0.15, 0.2) is 0 Å². The number of hydrogen-bond acceptors (Lipinski definition) is 4. The van der Waals surface area contributed by atoms with Crippen LogP contribution in [-0.2, 0) is 6.54 Å². The zero-order valence-corrected chi connectivity index (χ0v) is 14.2. The highest BCUT2D eigenvalue weighted by molar-refractivity contribution is 5.39. The van der Waals surface area contributed by atoms with E-state index in [0.717, 1.165) is 20.4 Å². The maximum absolute atomic E-state index is 13.9. The number of nitrogens with zero attached hydrogens (tertiary/aromatic N) is 4. The van der Waals surface area contributed by atoms with Gasteiger partial charge in [-0.25, -0.2) is 9.18 Å². The van der Waals surface area contributed by atoms with E-state index in [4.69, 9.17) is 0 Å². The second kappa shape index (κ2) is 6.76. The van der Waals surface area contributed by atoms with Crippen LogP contribution in [0.1, 0.15) is 22.4 Å². The highest BCUT2D eigenvalue weighted by Gasteiger charge is 2.16. The van der Waals surface area contributed by atoms with E-state index in [0.29, 0.717) is 5.69 Å². The lowest BCUT2D eigenvalue weighted by atomic mass is 10.1. The number of halogens is 1. The summed E-state index contributed by atoms with van der Waals surface area (Å²) < 4.78 is 15.7. The van der Waals surface area contributed by atoms with E-state index in [1.807, 2.05) is 19.9 Å². The Kier molecular flexibility index (Phi) is 4.50. The molecule has 0 bridgehead atoms. The lowest BCUT2D eigenvalue weighted by Crippen LogP contribution is -2.42. The molecule has 0 radical (unpaired) electrons. The average molecular weight is 350 g/mol. The average Bonchev–Trinajstić information content (AvgIpc) is 2.63. The third-order valence-corrected chi connectivity index (χ3v) is 4.19. The van der Waals surface area contributed by atoms with Crippen molar-refractivity contribution in [2.75, 3.05) is 0 Å². The van der Waals surface area contributed by atoms with Crippen molar-refractivity contribution >= 4 is 0 Å². The summed E-state index contributed by atoms with van der Waals surface area (Å²) in [6.07, 6.45) is 0. The van der Waals surface area contributed by atoms with Gasteiger partial charge in [-0.05, 0) is 43.2 Å². The summed E-state index contributed by atoms with van der Waals surface area (Å²) in [4.78, 5) is 25.2. The Bertz CT molecular complexity index is 1160. The topological polar surface area (TPSA) is 80.7 Å². The predicted octanol–water partition coefficient (Wildman–Crippen LogP) is 2.07. The van der Waals surface area contributed by atoms with Crippen LogP contribution in [0.4, 0.5) is 4.39 Å². The molecule has 0 spiro atoms. The van der Waals surface area contributed by atoms with Crippen LogP contribution < -0.4 is 11.2 Å². The molecular weight excluding hydrogens is 335 g/mol. The molecule has 1 aromatic heterocycles. The molecule has 0 aliphatic rings. The van der Waals surface area contributed by atoms with Crippen LogP contribution in [0.25, 0.3) is 5.69 Å². The molecule has 0 aliphatic heterocycles. The quantitative estimate of drug-likeness (QED) is 0.724. The minimum Gasteiger partial charge on any atom is -0.266 e. The zero-order chi connectivity index (χ0) is 18.8. The van der Waals surface area contributed by atoms with Gasteiger partial charge in [0.2, 0.25) is 5.69 Å². The van der Waals surface area contributed by atoms with Crippen molar-refractivity contribution in [2.24, 2.45) is 0 Å². The fourth-order valence-electron chi connectivity index (χ4n) is 2.55. The van der Waals surface area contributed by atoms with Crippen molar-refractivity contribution in [3.63, 3.8) is 0 Å². The van der Waals surface area contributed by atoms with Crippen LogP contribution >= 0.6 is 0 Å². The molecule has 26 heavy (non-hydrogen) atoms. The van der Waals surface area contributed by atoms with Gasteiger partial charge < -0.3 is 0 Å². The molecule has 0 amide bonds. The summed E-state index contributed by atoms with van der Waals surface area (Å²) >= 11 is 0. The van der Waals surface area contributed by atoms with E-state index in [9.17, 15) is 19.2 Å². The van der Waals surface area contributed by atoms with Gasteiger partial charge in [-0.1, -0.05) is 24.3 Å². The summed E-state index contributed by atoms with van der Waals surface area (Å²) in [5.41, 5.74) is 0.550. The maximum Gasteiger partial charge on any atom is 0.352 e. The molecule has 3 rings (SSSR count). The molecule has 6 nitrogen and oxygen atoms in total. The number of aryl methyl sites for hydroxylation is 2. The Hall–Kier alpha value is -3.53. The first-order chi connectivity index (χ1) is 12.4. The van der Waals surface area contributed by atoms with E-state index >= 15 is 0 Å². The van der Waals surface area contributed by atoms with Gasteiger partial charge in [-0.3, -0.25) is 9.36 Å². The van der Waals surface area contributed by atoms with Crippen LogP contribution in [0.5, 0.6) is 0 Å². The summed E-state index contributed by atoms with van der Waals surface area (Å²) in [7, 11) is 0. The van der Waals surface area contributed by atoms with Gasteiger partial charge in [-0.15, -0.1) is 5.10 Å². The van der Waals surface area contributed by atoms with Gasteiger partial charge in [-0.2, -0.15) is 9.94 Å². The number of rotatable bonds is 3. The molecule has 0 saturated carbocycles. The normalized spacial score (nSPS) is 10.5. The number of aromatic nitrogens is 3. The Balaban J connectivity index is 2.24. The van der Waals surface area contributed by atoms with E-state index in [1.54, 1.807) is 24.3 Å². The van der Waals surface area contributed by atoms with Gasteiger partial charge in [0, 0.05) is 5.56 Å². The van der Waals surface area contributed by atoms with Gasteiger partial charge in [0.1, 0.15) is 11.9 Å². The van der Waals surface area contributed by atoms with Crippen LogP contribution in [-0.4, -0.2) is 14.3 Å². The van der Waals surface area contributed by atoms with Crippen molar-refractivity contribution in [1.82, 2.24) is 14.3 Å². The smallest absolute Gasteiger partial charge is 0.266 e. The lowest BCUT2D eigenvalue weighted by Gasteiger charge is -2.11. The molecular formula is C19H15FN4O2. The fourth-order valence-corrected chi connectivity index (χ4v) is 2.55. The first-order valence-corrected chi connectivity index (χ1v) is 7.87. The molecule has 0 N–H and O–H groups in total. The van der Waals surface area contributed by atoms with Crippen LogP contribution in [0.3, 0.4) is 0 Å². The molecule has 0 fully saturated rings. The highest BCUT2D eigenvalue weighted by atomic mass is 19.1. The maximum atomic E-state index is 13.9. The second-order valence-electron chi connectivity index (χ2n) is 5.91. The van der Waals surface area contributed by atoms with Crippen molar-refractivity contribution in [3.05, 3.63) is 91.5 Å². The second-order valence-corrected chi connectivity index (χ2v) is 5.91. The molecule has 0 saturated heterocycles. The van der Waals surface area contributed by atoms with Gasteiger partial charge in [0.05, 0.1) is 12.2 Å². The van der Waals surface area contributed by atoms with Crippen LogP contribution in [0, 0.1) is 31.0 Å². The number of hydrogen-bond donors (Lipinski definition) is 0. The Morgan fingerprint density at radius 2 is 1.85 bits per heavy atom. The molecule has 130 valence electrons. The van der Waals surface area contributed by atoms with Crippen molar-refractivity contribution in [2.45, 2.75) is 20.4 Å². The first kappa shape index (κ1) is 17.3. The molecule has 0 aliphatic carbocycles. The molecule has 7 heteroatoms. The molecule has 1 heterocycles. The minimum absolute atomic E-state index is 0.174. The summed E-state index contributed by atoms with van der Waals surface area (Å²) in [6, 6.07) is 12.8. The Morgan fingerprint density at radius 1 is 1.12 bits per heavy atom. The van der Waals surface area contributed by atoms with Crippen molar-refractivity contribution in [1.29, 1.82) is 5.26 Å². The Morgan fingerprint density at radius 3 is 2.50 bits per heavy atom. The summed E-state index contributed by atoms with van der Waals surface area (Å²) in [5, 5.41) is 13.1. The summed E-state index contributed by atoms with van der Waals surface area (Å²) in [6.45, 7) is 3.52. The lowest BCUT2D eigenvalue weighted by molar-refractivity contribution is 0.569. The third kappa shape index (κ3) is 3.05. The monoisotopic (exact) mass is 350 g/mol. The summed E-state index contributed by atoms with van der Waals surface area (Å²) in [5.74, 6) is -0.535. The molecule has 0 unspecified atom stereocenters. The van der Waals surface area contributed by atoms with E-state index in [-0.39, 0.29) is 12.1 Å². The highest BCUT2D eigenvalue weighted by Crippen LogP contribution is 2.12. The fraction of sp³-hybridized carbons (Fsp3) is 0.158. The van der Waals surface area contributed by atoms with Crippen molar-refractivity contribution < 1.29 is 4.39 Å². The standard InChI is InChI=1S/C19H15FN4O2/c1-12-7-8-15(9-13(12)2)24-19(26)23(18(25)17(10-21)22-24)11-14-5-3-4-6-16(14)20/h3-9H,11H2,1-2H3. The van der Waals surface area contributed by atoms with Gasteiger partial charge in [0.25, 0.3) is 5.56 Å². The van der Waals surface area contributed by atoms with Crippen LogP contribution in [0.2, 0.25) is 0 Å². The van der Waals surface area contributed by atoms with E-state index in [1.165, 1.54) is 18.2 Å². The van der Waals surface area contributed by atoms with Gasteiger partial charge >= 0.3 is 5.69 Å². The first-order valence-electron chi connectivity index (χ1n) is 7.87. The predicted molar refractivity (Wildman–Crippen MR) is 93.8 cm³/mol. The molecule has 3 aromatic rings. The SMILES string of the molecule is Cc1ccc(-n2nc(C#N)c(=O)n(Cc3ccccc3F)c2=O)cc1C. The van der Waals surface area contributed by atoms with Crippen LogP contribution in [0.15, 0.2) is 52.1 Å².